The Morgan fingerprint density at radius 3 is 2.77 bits per heavy atom. The van der Waals surface area contributed by atoms with Gasteiger partial charge in [-0.05, 0) is 36.3 Å². The van der Waals surface area contributed by atoms with Crippen LogP contribution in [0.3, 0.4) is 0 Å². The molecular formula is C19H14ClN5O. The van der Waals surface area contributed by atoms with E-state index in [1.54, 1.807) is 24.8 Å². The maximum Gasteiger partial charge on any atom is 0.256 e. The van der Waals surface area contributed by atoms with Crippen LogP contribution in [0.15, 0.2) is 61.1 Å². The van der Waals surface area contributed by atoms with Crippen LogP contribution in [0.5, 0.6) is 0 Å². The lowest BCUT2D eigenvalue weighted by atomic mass is 10.2. The van der Waals surface area contributed by atoms with Crippen molar-refractivity contribution >= 4 is 34.2 Å². The number of nitrogens with zero attached hydrogens (tertiary/aromatic N) is 4. The van der Waals surface area contributed by atoms with Crippen molar-refractivity contribution in [2.45, 2.75) is 0 Å². The van der Waals surface area contributed by atoms with E-state index >= 15 is 0 Å². The van der Waals surface area contributed by atoms with Crippen LogP contribution in [0.2, 0.25) is 5.02 Å². The van der Waals surface area contributed by atoms with Gasteiger partial charge in [0, 0.05) is 35.3 Å². The van der Waals surface area contributed by atoms with Crippen LogP contribution in [0.1, 0.15) is 15.8 Å². The maximum atomic E-state index is 12.7. The Balaban J connectivity index is 1.71. The largest absolute Gasteiger partial charge is 0.332 e. The van der Waals surface area contributed by atoms with Crippen molar-refractivity contribution in [3.05, 3.63) is 71.7 Å². The number of hydrogen-bond donors (Lipinski definition) is 1. The van der Waals surface area contributed by atoms with Crippen LogP contribution in [0, 0.1) is 0 Å². The molecule has 6 nitrogen and oxygen atoms in total. The maximum absolute atomic E-state index is 12.7. The van der Waals surface area contributed by atoms with Gasteiger partial charge in [0.1, 0.15) is 5.82 Å². The zero-order valence-corrected chi connectivity index (χ0v) is 14.3. The Labute approximate surface area is 160 Å². The molecule has 0 unspecified atom stereocenters. The molecule has 0 fully saturated rings. The number of anilines is 1. The fraction of sp³-hybridized carbons (Fsp3) is 0.0526. The number of imidazole rings is 1. The predicted octanol–water partition coefficient (Wildman–Crippen LogP) is 3.94. The van der Waals surface area contributed by atoms with Crippen molar-refractivity contribution in [1.29, 1.82) is 0 Å². The Morgan fingerprint density at radius 2 is 2.04 bits per heavy atom. The second-order valence-electron chi connectivity index (χ2n) is 5.49. The van der Waals surface area contributed by atoms with Gasteiger partial charge >= 0.3 is 0 Å². The second-order valence-corrected chi connectivity index (χ2v) is 5.87. The van der Waals surface area contributed by atoms with E-state index in [2.05, 4.69) is 20.3 Å². The van der Waals surface area contributed by atoms with E-state index in [-0.39, 0.29) is 10.8 Å². The summed E-state index contributed by atoms with van der Waals surface area (Å²) in [6, 6.07) is 3.28. The third-order valence-electron chi connectivity index (χ3n) is 3.72. The normalized spacial score (nSPS) is 13.0. The summed E-state index contributed by atoms with van der Waals surface area (Å²) in [5, 5.41) is 2.94. The number of amides is 1. The zero-order valence-electron chi connectivity index (χ0n) is 17.5. The molecule has 1 amide bonds. The molecule has 0 bridgehead atoms. The Kier molecular flexibility index (Phi) is 3.07. The summed E-state index contributed by atoms with van der Waals surface area (Å²) in [4.78, 5) is 25.5. The third kappa shape index (κ3) is 3.14. The number of fused-ring (bicyclic) bond motifs is 1. The summed E-state index contributed by atoms with van der Waals surface area (Å²) in [5.41, 5.74) is 1.69. The van der Waals surface area contributed by atoms with Crippen LogP contribution in [-0.2, 0) is 7.05 Å². The Morgan fingerprint density at radius 1 is 1.23 bits per heavy atom. The quantitative estimate of drug-likeness (QED) is 0.595. The molecule has 0 aliphatic carbocycles. The first-order valence-electron chi connectivity index (χ1n) is 9.58. The number of halogens is 1. The molecule has 1 N–H and O–H groups in total. The van der Waals surface area contributed by atoms with Gasteiger partial charge in [0.15, 0.2) is 0 Å². The van der Waals surface area contributed by atoms with Crippen molar-refractivity contribution in [1.82, 2.24) is 19.5 Å². The van der Waals surface area contributed by atoms with Crippen LogP contribution >= 0.6 is 11.6 Å². The van der Waals surface area contributed by atoms with Gasteiger partial charge in [-0.3, -0.25) is 4.79 Å². The van der Waals surface area contributed by atoms with Crippen LogP contribution in [-0.4, -0.2) is 25.4 Å². The van der Waals surface area contributed by atoms with E-state index in [9.17, 15) is 4.79 Å². The van der Waals surface area contributed by atoms with Crippen molar-refractivity contribution in [2.75, 3.05) is 5.32 Å². The molecule has 1 aromatic carbocycles. The first kappa shape index (κ1) is 12.2. The minimum absolute atomic E-state index is 0.161. The molecule has 26 heavy (non-hydrogen) atoms. The number of carbonyl (C=O) groups excluding carboxylic acids is 1. The summed E-state index contributed by atoms with van der Waals surface area (Å²) in [7, 11) is 1.86. The molecule has 0 atom stereocenters. The van der Waals surface area contributed by atoms with E-state index in [0.717, 1.165) is 11.1 Å². The van der Waals surface area contributed by atoms with E-state index < -0.39 is 35.6 Å². The Bertz CT molecular complexity index is 1300. The smallest absolute Gasteiger partial charge is 0.256 e. The van der Waals surface area contributed by atoms with Gasteiger partial charge in [-0.15, -0.1) is 0 Å². The second kappa shape index (κ2) is 6.57. The van der Waals surface area contributed by atoms with E-state index in [1.165, 1.54) is 0 Å². The van der Waals surface area contributed by atoms with Crippen molar-refractivity contribution in [2.24, 2.45) is 7.05 Å². The number of aryl methyl sites for hydroxylation is 1. The summed E-state index contributed by atoms with van der Waals surface area (Å²) >= 11 is 5.79. The van der Waals surface area contributed by atoms with E-state index in [0.29, 0.717) is 11.2 Å². The highest BCUT2D eigenvalue weighted by Crippen LogP contribution is 2.21. The number of rotatable bonds is 3. The number of hydrogen-bond acceptors (Lipinski definition) is 4. The van der Waals surface area contributed by atoms with Crippen LogP contribution < -0.4 is 5.32 Å². The minimum atomic E-state index is -0.821. The molecule has 0 saturated carbocycles. The topological polar surface area (TPSA) is 72.7 Å². The molecule has 0 aliphatic heterocycles. The number of benzene rings is 1. The number of nitrogens with one attached hydrogen (secondary N) is 1. The highest BCUT2D eigenvalue weighted by molar-refractivity contribution is 6.30. The molecule has 0 aliphatic rings. The average Bonchev–Trinajstić information content (AvgIpc) is 3.16. The molecule has 4 rings (SSSR count). The lowest BCUT2D eigenvalue weighted by Crippen LogP contribution is -2.12. The number of aromatic nitrogens is 4. The van der Waals surface area contributed by atoms with Gasteiger partial charge in [-0.2, -0.15) is 0 Å². The summed E-state index contributed by atoms with van der Waals surface area (Å²) in [6.45, 7) is 0. The summed E-state index contributed by atoms with van der Waals surface area (Å²) in [5.74, 6) is -0.660. The fourth-order valence-electron chi connectivity index (χ4n) is 2.42. The first-order chi connectivity index (χ1) is 14.3. The van der Waals surface area contributed by atoms with Gasteiger partial charge in [-0.25, -0.2) is 15.0 Å². The van der Waals surface area contributed by atoms with Gasteiger partial charge in [0.25, 0.3) is 5.91 Å². The van der Waals surface area contributed by atoms with Crippen LogP contribution in [0.4, 0.5) is 5.82 Å². The molecular weight excluding hydrogens is 350 g/mol. The molecule has 0 spiro atoms. The minimum Gasteiger partial charge on any atom is -0.332 e. The molecule has 128 valence electrons. The standard InChI is InChI=1S/C19H14ClN5O/c1-25-11-21-10-17(25)15-7-4-13-9-22-18(8-16(13)23-15)24-19(26)12-2-5-14(20)6-3-12/h2-11H,1H3,(H,22,24,26)/i2D,3D,5D,6D. The van der Waals surface area contributed by atoms with Crippen molar-refractivity contribution in [3.63, 3.8) is 0 Å². The average molecular weight is 368 g/mol. The lowest BCUT2D eigenvalue weighted by Gasteiger charge is -2.07. The van der Waals surface area contributed by atoms with E-state index in [4.69, 9.17) is 17.1 Å². The molecule has 3 heterocycles. The van der Waals surface area contributed by atoms with Crippen molar-refractivity contribution in [3.8, 4) is 11.4 Å². The molecule has 0 radical (unpaired) electrons. The number of carbonyl (C=O) groups is 1. The molecule has 0 saturated heterocycles. The molecule has 4 aromatic rings. The van der Waals surface area contributed by atoms with Gasteiger partial charge in [0.05, 0.1) is 34.9 Å². The van der Waals surface area contributed by atoms with Gasteiger partial charge < -0.3 is 9.88 Å². The highest BCUT2D eigenvalue weighted by atomic mass is 35.5. The van der Waals surface area contributed by atoms with Crippen LogP contribution in [0.25, 0.3) is 22.3 Å². The first-order valence-corrected chi connectivity index (χ1v) is 7.96. The monoisotopic (exact) mass is 367 g/mol. The highest BCUT2D eigenvalue weighted by Gasteiger charge is 2.09. The summed E-state index contributed by atoms with van der Waals surface area (Å²) in [6.07, 6.45) is 4.91. The third-order valence-corrected chi connectivity index (χ3v) is 3.90. The van der Waals surface area contributed by atoms with E-state index in [1.807, 2.05) is 23.7 Å². The number of pyridine rings is 2. The van der Waals surface area contributed by atoms with Gasteiger partial charge in [-0.1, -0.05) is 11.6 Å². The van der Waals surface area contributed by atoms with Gasteiger partial charge in [0.2, 0.25) is 0 Å². The predicted molar refractivity (Wildman–Crippen MR) is 101 cm³/mol. The Hall–Kier alpha value is -3.25. The lowest BCUT2D eigenvalue weighted by molar-refractivity contribution is 0.102. The van der Waals surface area contributed by atoms with Crippen molar-refractivity contribution < 1.29 is 10.3 Å². The summed E-state index contributed by atoms with van der Waals surface area (Å²) < 4.78 is 33.3. The molecule has 3 aromatic heterocycles. The molecule has 7 heteroatoms. The fourth-order valence-corrected chi connectivity index (χ4v) is 2.52. The SMILES string of the molecule is [2H]c1c([2H])c(C(=O)Nc2cc3nc(-c4cncn4C)ccc3cn2)c([2H])c([2H])c1Cl. The zero-order chi connectivity index (χ0) is 21.6.